The van der Waals surface area contributed by atoms with Gasteiger partial charge in [0.25, 0.3) is 0 Å². The van der Waals surface area contributed by atoms with E-state index < -0.39 is 6.10 Å². The van der Waals surface area contributed by atoms with Gasteiger partial charge in [-0.2, -0.15) is 0 Å². The molecule has 13 heavy (non-hydrogen) atoms. The van der Waals surface area contributed by atoms with Crippen LogP contribution in [0.3, 0.4) is 0 Å². The quantitative estimate of drug-likeness (QED) is 0.786. The average Bonchev–Trinajstić information content (AvgIpc) is 2.15. The normalized spacial score (nSPS) is 27.1. The van der Waals surface area contributed by atoms with Crippen LogP contribution in [0.5, 0.6) is 0 Å². The number of Topliss-reactive ketones (excluding diaryl/α,β-unsaturated/α-hetero) is 1. The van der Waals surface area contributed by atoms with Crippen LogP contribution in [0.1, 0.15) is 18.2 Å². The van der Waals surface area contributed by atoms with Crippen molar-refractivity contribution < 1.29 is 9.90 Å². The molecule has 1 aromatic rings. The standard InChI is InChI=1S/C8H7BrN2O2/c9-4-2-10-8(11-3-4)5-1-6(12)7(5)13/h2-3,5,7,13H,1H2. The summed E-state index contributed by atoms with van der Waals surface area (Å²) in [6.45, 7) is 0. The Balaban J connectivity index is 2.18. The van der Waals surface area contributed by atoms with Crippen LogP contribution in [0, 0.1) is 0 Å². The van der Waals surface area contributed by atoms with E-state index in [9.17, 15) is 9.90 Å². The number of hydrogen-bond donors (Lipinski definition) is 1. The van der Waals surface area contributed by atoms with Gasteiger partial charge in [0.2, 0.25) is 0 Å². The van der Waals surface area contributed by atoms with Crippen LogP contribution in [0.25, 0.3) is 0 Å². The molecule has 1 aromatic heterocycles. The summed E-state index contributed by atoms with van der Waals surface area (Å²) in [5.41, 5.74) is 0. The first kappa shape index (κ1) is 8.77. The monoisotopic (exact) mass is 242 g/mol. The van der Waals surface area contributed by atoms with E-state index in [0.29, 0.717) is 12.2 Å². The van der Waals surface area contributed by atoms with Gasteiger partial charge in [-0.05, 0) is 15.9 Å². The van der Waals surface area contributed by atoms with Gasteiger partial charge >= 0.3 is 0 Å². The number of aromatic nitrogens is 2. The van der Waals surface area contributed by atoms with E-state index in [1.165, 1.54) is 0 Å². The van der Waals surface area contributed by atoms with Gasteiger partial charge in [-0.15, -0.1) is 0 Å². The molecule has 0 aromatic carbocycles. The van der Waals surface area contributed by atoms with Crippen LogP contribution < -0.4 is 0 Å². The Hall–Kier alpha value is -0.810. The van der Waals surface area contributed by atoms with E-state index in [-0.39, 0.29) is 11.7 Å². The van der Waals surface area contributed by atoms with Crippen LogP contribution in [-0.4, -0.2) is 27.0 Å². The van der Waals surface area contributed by atoms with Gasteiger partial charge in [-0.1, -0.05) is 0 Å². The average molecular weight is 243 g/mol. The predicted molar refractivity (Wildman–Crippen MR) is 48.1 cm³/mol. The molecule has 0 aliphatic heterocycles. The van der Waals surface area contributed by atoms with Crippen molar-refractivity contribution in [3.63, 3.8) is 0 Å². The van der Waals surface area contributed by atoms with Gasteiger partial charge in [-0.25, -0.2) is 9.97 Å². The molecule has 0 spiro atoms. The highest BCUT2D eigenvalue weighted by atomic mass is 79.9. The highest BCUT2D eigenvalue weighted by molar-refractivity contribution is 9.10. The Kier molecular flexibility index (Phi) is 2.13. The van der Waals surface area contributed by atoms with Crippen LogP contribution in [0.15, 0.2) is 16.9 Å². The lowest BCUT2D eigenvalue weighted by molar-refractivity contribution is -0.137. The molecule has 1 fully saturated rings. The zero-order chi connectivity index (χ0) is 9.42. The number of aliphatic hydroxyl groups is 1. The minimum absolute atomic E-state index is 0.128. The lowest BCUT2D eigenvalue weighted by Gasteiger charge is -2.28. The number of halogens is 1. The number of hydrogen-bond acceptors (Lipinski definition) is 4. The number of ketones is 1. The second-order valence-electron chi connectivity index (χ2n) is 2.98. The molecule has 1 saturated carbocycles. The van der Waals surface area contributed by atoms with Gasteiger partial charge in [0, 0.05) is 18.8 Å². The van der Waals surface area contributed by atoms with Crippen molar-refractivity contribution in [3.05, 3.63) is 22.7 Å². The van der Waals surface area contributed by atoms with E-state index in [1.807, 2.05) is 0 Å². The Morgan fingerprint density at radius 1 is 1.46 bits per heavy atom. The highest BCUT2D eigenvalue weighted by Crippen LogP contribution is 2.31. The lowest BCUT2D eigenvalue weighted by atomic mass is 9.80. The van der Waals surface area contributed by atoms with Crippen molar-refractivity contribution in [3.8, 4) is 0 Å². The van der Waals surface area contributed by atoms with Gasteiger partial charge < -0.3 is 5.11 Å². The Labute approximate surface area is 83.1 Å². The summed E-state index contributed by atoms with van der Waals surface area (Å²) in [4.78, 5) is 18.8. The molecule has 0 saturated heterocycles. The molecule has 0 radical (unpaired) electrons. The number of carbonyl (C=O) groups excluding carboxylic acids is 1. The van der Waals surface area contributed by atoms with Crippen molar-refractivity contribution in [2.45, 2.75) is 18.4 Å². The minimum atomic E-state index is -0.902. The second kappa shape index (κ2) is 3.16. The fourth-order valence-electron chi connectivity index (χ4n) is 1.26. The predicted octanol–water partition coefficient (Wildman–Crippen LogP) is 0.656. The molecule has 1 heterocycles. The van der Waals surface area contributed by atoms with Crippen molar-refractivity contribution in [2.75, 3.05) is 0 Å². The van der Waals surface area contributed by atoms with E-state index in [2.05, 4.69) is 25.9 Å². The van der Waals surface area contributed by atoms with Crippen LogP contribution in [0.2, 0.25) is 0 Å². The second-order valence-corrected chi connectivity index (χ2v) is 3.90. The zero-order valence-corrected chi connectivity index (χ0v) is 8.23. The molecular weight excluding hydrogens is 236 g/mol. The maximum Gasteiger partial charge on any atom is 0.162 e. The summed E-state index contributed by atoms with van der Waals surface area (Å²) in [6.07, 6.45) is 2.67. The molecule has 2 atom stereocenters. The molecule has 0 bridgehead atoms. The van der Waals surface area contributed by atoms with Crippen LogP contribution in [-0.2, 0) is 4.79 Å². The maximum atomic E-state index is 10.8. The first-order chi connectivity index (χ1) is 6.18. The van der Waals surface area contributed by atoms with Gasteiger partial charge in [0.05, 0.1) is 10.4 Å². The third kappa shape index (κ3) is 1.49. The van der Waals surface area contributed by atoms with Gasteiger partial charge in [-0.3, -0.25) is 4.79 Å². The third-order valence-electron chi connectivity index (χ3n) is 2.10. The van der Waals surface area contributed by atoms with Crippen LogP contribution in [0.4, 0.5) is 0 Å². The first-order valence-corrected chi connectivity index (χ1v) is 4.66. The van der Waals surface area contributed by atoms with Gasteiger partial charge in [0.15, 0.2) is 5.78 Å². The molecule has 4 nitrogen and oxygen atoms in total. The maximum absolute atomic E-state index is 10.8. The summed E-state index contributed by atoms with van der Waals surface area (Å²) < 4.78 is 0.788. The number of carbonyl (C=O) groups is 1. The van der Waals surface area contributed by atoms with E-state index in [0.717, 1.165) is 4.47 Å². The number of nitrogens with zero attached hydrogens (tertiary/aromatic N) is 2. The zero-order valence-electron chi connectivity index (χ0n) is 6.64. The van der Waals surface area contributed by atoms with Crippen molar-refractivity contribution >= 4 is 21.7 Å². The van der Waals surface area contributed by atoms with E-state index in [1.54, 1.807) is 12.4 Å². The lowest BCUT2D eigenvalue weighted by Crippen LogP contribution is -2.41. The largest absolute Gasteiger partial charge is 0.385 e. The molecule has 1 aliphatic carbocycles. The molecule has 1 aliphatic rings. The third-order valence-corrected chi connectivity index (χ3v) is 2.51. The minimum Gasteiger partial charge on any atom is -0.385 e. The fourth-order valence-corrected chi connectivity index (χ4v) is 1.46. The summed E-state index contributed by atoms with van der Waals surface area (Å²) in [6, 6.07) is 0. The van der Waals surface area contributed by atoms with E-state index >= 15 is 0 Å². The topological polar surface area (TPSA) is 63.1 Å². The summed E-state index contributed by atoms with van der Waals surface area (Å²) >= 11 is 3.21. The fraction of sp³-hybridized carbons (Fsp3) is 0.375. The SMILES string of the molecule is O=C1CC(c2ncc(Br)cn2)C1O. The molecule has 0 amide bonds. The van der Waals surface area contributed by atoms with Crippen LogP contribution >= 0.6 is 15.9 Å². The van der Waals surface area contributed by atoms with Crippen molar-refractivity contribution in [1.29, 1.82) is 0 Å². The van der Waals surface area contributed by atoms with Crippen molar-refractivity contribution in [1.82, 2.24) is 9.97 Å². The van der Waals surface area contributed by atoms with E-state index in [4.69, 9.17) is 0 Å². The van der Waals surface area contributed by atoms with Gasteiger partial charge in [0.1, 0.15) is 11.9 Å². The first-order valence-electron chi connectivity index (χ1n) is 3.86. The molecular formula is C8H7BrN2O2. The molecule has 5 heteroatoms. The smallest absolute Gasteiger partial charge is 0.162 e. The Bertz CT molecular complexity index is 339. The molecule has 1 N–H and O–H groups in total. The molecule has 2 rings (SSSR count). The molecule has 68 valence electrons. The highest BCUT2D eigenvalue weighted by Gasteiger charge is 2.40. The summed E-state index contributed by atoms with van der Waals surface area (Å²) in [5.74, 6) is 0.201. The molecule has 2 unspecified atom stereocenters. The summed E-state index contributed by atoms with van der Waals surface area (Å²) in [5, 5.41) is 9.26. The number of aliphatic hydroxyl groups excluding tert-OH is 1. The Morgan fingerprint density at radius 3 is 2.54 bits per heavy atom. The Morgan fingerprint density at radius 2 is 2.08 bits per heavy atom. The summed E-state index contributed by atoms with van der Waals surface area (Å²) in [7, 11) is 0. The number of rotatable bonds is 1. The van der Waals surface area contributed by atoms with Crippen molar-refractivity contribution in [2.24, 2.45) is 0 Å².